The summed E-state index contributed by atoms with van der Waals surface area (Å²) in [6.07, 6.45) is 9.00. The lowest BCUT2D eigenvalue weighted by atomic mass is 9.75. The van der Waals surface area contributed by atoms with E-state index >= 15 is 0 Å². The van der Waals surface area contributed by atoms with Gasteiger partial charge in [-0.1, -0.05) is 45.4 Å². The van der Waals surface area contributed by atoms with Crippen LogP contribution < -0.4 is 0 Å². The molecule has 25 heavy (non-hydrogen) atoms. The van der Waals surface area contributed by atoms with E-state index < -0.39 is 15.4 Å². The van der Waals surface area contributed by atoms with E-state index in [2.05, 4.69) is 4.90 Å². The largest absolute Gasteiger partial charge is 0.379 e. The highest BCUT2D eigenvalue weighted by molar-refractivity contribution is 7.93. The van der Waals surface area contributed by atoms with Crippen molar-refractivity contribution < 1.29 is 17.9 Å². The second kappa shape index (κ2) is 8.05. The van der Waals surface area contributed by atoms with Crippen molar-refractivity contribution in [2.24, 2.45) is 5.92 Å². The molecule has 0 amide bonds. The highest BCUT2D eigenvalue weighted by Gasteiger charge is 2.64. The van der Waals surface area contributed by atoms with Gasteiger partial charge in [-0.3, -0.25) is 9.69 Å². The smallest absolute Gasteiger partial charge is 0.156 e. The summed E-state index contributed by atoms with van der Waals surface area (Å²) in [6.45, 7) is 4.73. The summed E-state index contributed by atoms with van der Waals surface area (Å²) in [6, 6.07) is 0. The molecule has 1 aliphatic carbocycles. The fourth-order valence-corrected chi connectivity index (χ4v) is 7.88. The zero-order valence-electron chi connectivity index (χ0n) is 15.5. The van der Waals surface area contributed by atoms with Gasteiger partial charge in [-0.25, -0.2) is 8.42 Å². The molecule has 3 rings (SSSR count). The molecule has 144 valence electrons. The Morgan fingerprint density at radius 2 is 1.60 bits per heavy atom. The number of carbonyl (C=O) groups is 1. The standard InChI is InChI=1S/C19H33NO4S/c1-16-17(21)9-7-5-3-2-4-6-8-10-18-19(16,15-25(18,22)23)20-11-13-24-14-12-20/h16,18H,2-15H2,1H3/t16-,18-,19+/m1/s1. The van der Waals surface area contributed by atoms with Gasteiger partial charge in [0.2, 0.25) is 0 Å². The summed E-state index contributed by atoms with van der Waals surface area (Å²) in [5.74, 6) is 0.197. The third kappa shape index (κ3) is 3.81. The van der Waals surface area contributed by atoms with E-state index in [4.69, 9.17) is 4.74 Å². The Morgan fingerprint density at radius 3 is 2.24 bits per heavy atom. The molecule has 0 radical (unpaired) electrons. The van der Waals surface area contributed by atoms with Crippen LogP contribution in [0, 0.1) is 5.92 Å². The average Bonchev–Trinajstić information content (AvgIpc) is 2.61. The van der Waals surface area contributed by atoms with Crippen LogP contribution in [0.5, 0.6) is 0 Å². The number of morpholine rings is 1. The summed E-state index contributed by atoms with van der Waals surface area (Å²) >= 11 is 0. The highest BCUT2D eigenvalue weighted by atomic mass is 32.2. The van der Waals surface area contributed by atoms with Gasteiger partial charge in [0, 0.05) is 25.4 Å². The van der Waals surface area contributed by atoms with Gasteiger partial charge in [-0.15, -0.1) is 0 Å². The SMILES string of the molecule is C[C@@H]1C(=O)CCCCCCCCC[C@@H]2[C@]1(N1CCOCC1)CS2(=O)=O. The van der Waals surface area contributed by atoms with Crippen LogP contribution >= 0.6 is 0 Å². The van der Waals surface area contributed by atoms with Crippen molar-refractivity contribution in [2.75, 3.05) is 32.1 Å². The zero-order chi connectivity index (χ0) is 17.9. The van der Waals surface area contributed by atoms with E-state index in [9.17, 15) is 13.2 Å². The van der Waals surface area contributed by atoms with E-state index in [-0.39, 0.29) is 22.7 Å². The van der Waals surface area contributed by atoms with Gasteiger partial charge in [-0.05, 0) is 12.8 Å². The van der Waals surface area contributed by atoms with E-state index in [0.717, 1.165) is 38.8 Å². The maximum Gasteiger partial charge on any atom is 0.156 e. The average molecular weight is 372 g/mol. The lowest BCUT2D eigenvalue weighted by molar-refractivity contribution is -0.130. The minimum atomic E-state index is -3.08. The first-order valence-corrected chi connectivity index (χ1v) is 11.8. The number of hydrogen-bond acceptors (Lipinski definition) is 5. The third-order valence-corrected chi connectivity index (χ3v) is 9.02. The van der Waals surface area contributed by atoms with Crippen LogP contribution in [0.4, 0.5) is 0 Å². The highest BCUT2D eigenvalue weighted by Crippen LogP contribution is 2.47. The van der Waals surface area contributed by atoms with Crippen molar-refractivity contribution in [2.45, 2.75) is 75.5 Å². The summed E-state index contributed by atoms with van der Waals surface area (Å²) < 4.78 is 30.8. The molecular formula is C19H33NO4S. The summed E-state index contributed by atoms with van der Waals surface area (Å²) in [4.78, 5) is 15.2. The molecule has 0 spiro atoms. The van der Waals surface area contributed by atoms with Crippen molar-refractivity contribution in [1.82, 2.24) is 4.90 Å². The number of Topliss-reactive ketones (excluding diaryl/α,β-unsaturated/α-hetero) is 1. The van der Waals surface area contributed by atoms with Crippen LogP contribution in [0.1, 0.15) is 64.7 Å². The van der Waals surface area contributed by atoms with E-state index in [0.29, 0.717) is 26.1 Å². The van der Waals surface area contributed by atoms with Crippen LogP contribution in [-0.4, -0.2) is 61.9 Å². The molecule has 3 fully saturated rings. The molecule has 1 saturated carbocycles. The fraction of sp³-hybridized carbons (Fsp3) is 0.947. The third-order valence-electron chi connectivity index (χ3n) is 6.65. The first kappa shape index (κ1) is 19.3. The lowest BCUT2D eigenvalue weighted by Crippen LogP contribution is -2.76. The topological polar surface area (TPSA) is 63.7 Å². The number of ether oxygens (including phenoxy) is 1. The minimum absolute atomic E-state index is 0.150. The van der Waals surface area contributed by atoms with Crippen molar-refractivity contribution in [3.8, 4) is 0 Å². The summed E-state index contributed by atoms with van der Waals surface area (Å²) in [7, 11) is -3.08. The van der Waals surface area contributed by atoms with Gasteiger partial charge in [0.1, 0.15) is 5.78 Å². The number of fused-ring (bicyclic) bond motifs is 1. The van der Waals surface area contributed by atoms with Crippen LogP contribution in [0.15, 0.2) is 0 Å². The van der Waals surface area contributed by atoms with Gasteiger partial charge in [0.25, 0.3) is 0 Å². The van der Waals surface area contributed by atoms with Crippen LogP contribution in [0.2, 0.25) is 0 Å². The predicted molar refractivity (Wildman–Crippen MR) is 98.4 cm³/mol. The Kier molecular flexibility index (Phi) is 6.22. The molecule has 3 aliphatic rings. The maximum atomic E-state index is 12.9. The quantitative estimate of drug-likeness (QED) is 0.709. The molecule has 0 aromatic heterocycles. The number of rotatable bonds is 1. The monoisotopic (exact) mass is 371 g/mol. The zero-order valence-corrected chi connectivity index (χ0v) is 16.4. The van der Waals surface area contributed by atoms with E-state index in [1.54, 1.807) is 0 Å². The van der Waals surface area contributed by atoms with Gasteiger partial charge < -0.3 is 4.74 Å². The van der Waals surface area contributed by atoms with Gasteiger partial charge in [-0.2, -0.15) is 0 Å². The minimum Gasteiger partial charge on any atom is -0.379 e. The van der Waals surface area contributed by atoms with Crippen LogP contribution in [-0.2, 0) is 19.4 Å². The number of nitrogens with zero attached hydrogens (tertiary/aromatic N) is 1. The second-order valence-corrected chi connectivity index (χ2v) is 10.3. The fourth-order valence-electron chi connectivity index (χ4n) is 5.12. The first-order chi connectivity index (χ1) is 12.0. The molecule has 2 heterocycles. The Hall–Kier alpha value is -0.460. The normalized spacial score (nSPS) is 38.5. The molecule has 0 N–H and O–H groups in total. The predicted octanol–water partition coefficient (Wildman–Crippen LogP) is 2.58. The molecule has 0 bridgehead atoms. The van der Waals surface area contributed by atoms with E-state index in [1.165, 1.54) is 19.3 Å². The van der Waals surface area contributed by atoms with Gasteiger partial charge >= 0.3 is 0 Å². The number of carbonyl (C=O) groups excluding carboxylic acids is 1. The molecule has 3 atom stereocenters. The first-order valence-electron chi connectivity index (χ1n) is 10.1. The lowest BCUT2D eigenvalue weighted by Gasteiger charge is -2.58. The van der Waals surface area contributed by atoms with Crippen molar-refractivity contribution in [1.29, 1.82) is 0 Å². The second-order valence-electron chi connectivity index (χ2n) is 8.09. The number of sulfone groups is 1. The van der Waals surface area contributed by atoms with Gasteiger partial charge in [0.05, 0.1) is 29.8 Å². The van der Waals surface area contributed by atoms with E-state index in [1.807, 2.05) is 6.92 Å². The molecule has 0 unspecified atom stereocenters. The molecular weight excluding hydrogens is 338 g/mol. The van der Waals surface area contributed by atoms with Crippen molar-refractivity contribution in [3.05, 3.63) is 0 Å². The molecule has 6 heteroatoms. The summed E-state index contributed by atoms with van der Waals surface area (Å²) in [5.41, 5.74) is -0.492. The van der Waals surface area contributed by atoms with Crippen LogP contribution in [0.25, 0.3) is 0 Å². The molecule has 5 nitrogen and oxygen atoms in total. The molecule has 2 saturated heterocycles. The van der Waals surface area contributed by atoms with Crippen molar-refractivity contribution in [3.63, 3.8) is 0 Å². The van der Waals surface area contributed by atoms with Crippen LogP contribution in [0.3, 0.4) is 0 Å². The summed E-state index contributed by atoms with van der Waals surface area (Å²) in [5, 5.41) is -0.377. The van der Waals surface area contributed by atoms with Gasteiger partial charge in [0.15, 0.2) is 9.84 Å². The molecule has 2 aliphatic heterocycles. The Labute approximate surface area is 152 Å². The Balaban J connectivity index is 1.89. The Morgan fingerprint density at radius 1 is 1.00 bits per heavy atom. The van der Waals surface area contributed by atoms with Crippen molar-refractivity contribution >= 4 is 15.6 Å². The number of hydrogen-bond donors (Lipinski definition) is 0. The maximum absolute atomic E-state index is 12.9. The molecule has 0 aromatic rings. The Bertz CT molecular complexity index is 570. The molecule has 0 aromatic carbocycles. The number of ketones is 1.